The number of hydrogen-bond donors (Lipinski definition) is 2. The molecule has 5 nitrogen and oxygen atoms in total. The quantitative estimate of drug-likeness (QED) is 0.843. The Morgan fingerprint density at radius 2 is 2.39 bits per heavy atom. The van der Waals surface area contributed by atoms with Gasteiger partial charge < -0.3 is 10.6 Å². The maximum atomic E-state index is 11.8. The van der Waals surface area contributed by atoms with Crippen LogP contribution >= 0.6 is 11.8 Å². The van der Waals surface area contributed by atoms with Crippen LogP contribution < -0.4 is 10.6 Å². The zero-order chi connectivity index (χ0) is 12.8. The number of rotatable bonds is 5. The van der Waals surface area contributed by atoms with Gasteiger partial charge in [0, 0.05) is 13.1 Å². The summed E-state index contributed by atoms with van der Waals surface area (Å²) in [7, 11) is 0. The van der Waals surface area contributed by atoms with E-state index in [0.717, 1.165) is 18.8 Å². The normalized spacial score (nSPS) is 18.6. The molecule has 98 valence electrons. The van der Waals surface area contributed by atoms with Crippen molar-refractivity contribution in [3.8, 4) is 0 Å². The van der Waals surface area contributed by atoms with Crippen LogP contribution in [0.25, 0.3) is 0 Å². The van der Waals surface area contributed by atoms with Crippen LogP contribution in [-0.2, 0) is 0 Å². The minimum Gasteiger partial charge on any atom is -0.369 e. The standard InChI is InChI=1S/C12H18N4OS/c1-2-13-11-7-14-10(6-15-11)12(17)16-5-9-3-4-18-8-9/h6-7,9H,2-5,8H2,1H3,(H,13,15)(H,16,17). The summed E-state index contributed by atoms with van der Waals surface area (Å²) in [5, 5.41) is 5.96. The van der Waals surface area contributed by atoms with E-state index in [1.54, 1.807) is 6.20 Å². The third-order valence-corrected chi connectivity index (χ3v) is 4.05. The van der Waals surface area contributed by atoms with Gasteiger partial charge in [-0.25, -0.2) is 9.97 Å². The van der Waals surface area contributed by atoms with E-state index in [1.807, 2.05) is 18.7 Å². The van der Waals surface area contributed by atoms with Crippen molar-refractivity contribution in [2.24, 2.45) is 5.92 Å². The molecule has 1 aliphatic heterocycles. The summed E-state index contributed by atoms with van der Waals surface area (Å²) >= 11 is 1.95. The van der Waals surface area contributed by atoms with Gasteiger partial charge in [-0.05, 0) is 30.8 Å². The second kappa shape index (κ2) is 6.58. The summed E-state index contributed by atoms with van der Waals surface area (Å²) in [6, 6.07) is 0. The van der Waals surface area contributed by atoms with Crippen LogP contribution in [0.4, 0.5) is 5.82 Å². The number of hydrogen-bond acceptors (Lipinski definition) is 5. The number of amides is 1. The van der Waals surface area contributed by atoms with Crippen LogP contribution in [-0.4, -0.2) is 40.5 Å². The van der Waals surface area contributed by atoms with Crippen LogP contribution in [0.15, 0.2) is 12.4 Å². The second-order valence-corrected chi connectivity index (χ2v) is 5.41. The van der Waals surface area contributed by atoms with Crippen molar-refractivity contribution in [1.29, 1.82) is 0 Å². The molecule has 6 heteroatoms. The lowest BCUT2D eigenvalue weighted by Gasteiger charge is -2.09. The summed E-state index contributed by atoms with van der Waals surface area (Å²) in [5.74, 6) is 3.51. The molecule has 1 aliphatic rings. The highest BCUT2D eigenvalue weighted by atomic mass is 32.2. The first-order chi connectivity index (χ1) is 8.79. The topological polar surface area (TPSA) is 66.9 Å². The Morgan fingerprint density at radius 3 is 3.00 bits per heavy atom. The van der Waals surface area contributed by atoms with Gasteiger partial charge in [0.05, 0.1) is 12.4 Å². The summed E-state index contributed by atoms with van der Waals surface area (Å²) in [6.07, 6.45) is 4.29. The molecule has 1 aromatic rings. The van der Waals surface area contributed by atoms with E-state index in [4.69, 9.17) is 0 Å². The number of anilines is 1. The fourth-order valence-electron chi connectivity index (χ4n) is 1.79. The molecular weight excluding hydrogens is 248 g/mol. The molecule has 0 saturated carbocycles. The molecule has 1 aromatic heterocycles. The predicted molar refractivity (Wildman–Crippen MR) is 74.0 cm³/mol. The summed E-state index contributed by atoms with van der Waals surface area (Å²) < 4.78 is 0. The highest BCUT2D eigenvalue weighted by molar-refractivity contribution is 7.99. The molecule has 18 heavy (non-hydrogen) atoms. The van der Waals surface area contributed by atoms with Gasteiger partial charge in [0.25, 0.3) is 5.91 Å². The van der Waals surface area contributed by atoms with Crippen LogP contribution in [0, 0.1) is 5.92 Å². The number of nitrogens with one attached hydrogen (secondary N) is 2. The van der Waals surface area contributed by atoms with E-state index in [9.17, 15) is 4.79 Å². The van der Waals surface area contributed by atoms with Gasteiger partial charge in [-0.2, -0.15) is 11.8 Å². The first kappa shape index (κ1) is 13.1. The van der Waals surface area contributed by atoms with E-state index >= 15 is 0 Å². The van der Waals surface area contributed by atoms with Gasteiger partial charge in [-0.1, -0.05) is 0 Å². The number of thioether (sulfide) groups is 1. The molecule has 2 heterocycles. The average molecular weight is 266 g/mol. The highest BCUT2D eigenvalue weighted by Crippen LogP contribution is 2.22. The summed E-state index contributed by atoms with van der Waals surface area (Å²) in [5.41, 5.74) is 0.377. The van der Waals surface area contributed by atoms with E-state index in [1.165, 1.54) is 18.4 Å². The predicted octanol–water partition coefficient (Wildman–Crippen LogP) is 1.39. The van der Waals surface area contributed by atoms with Crippen LogP contribution in [0.1, 0.15) is 23.8 Å². The van der Waals surface area contributed by atoms with Crippen LogP contribution in [0.5, 0.6) is 0 Å². The van der Waals surface area contributed by atoms with E-state index in [2.05, 4.69) is 20.6 Å². The molecule has 0 radical (unpaired) electrons. The van der Waals surface area contributed by atoms with Gasteiger partial charge in [0.1, 0.15) is 11.5 Å². The summed E-state index contributed by atoms with van der Waals surface area (Å²) in [4.78, 5) is 20.1. The smallest absolute Gasteiger partial charge is 0.271 e. The maximum absolute atomic E-state index is 11.8. The number of carbonyl (C=O) groups is 1. The molecule has 1 amide bonds. The second-order valence-electron chi connectivity index (χ2n) is 4.26. The Bertz CT molecular complexity index is 390. The lowest BCUT2D eigenvalue weighted by molar-refractivity contribution is 0.0943. The van der Waals surface area contributed by atoms with Gasteiger partial charge >= 0.3 is 0 Å². The van der Waals surface area contributed by atoms with Crippen molar-refractivity contribution in [2.45, 2.75) is 13.3 Å². The lowest BCUT2D eigenvalue weighted by atomic mass is 10.1. The molecule has 1 atom stereocenters. The van der Waals surface area contributed by atoms with Gasteiger partial charge in [-0.15, -0.1) is 0 Å². The average Bonchev–Trinajstić information content (AvgIpc) is 2.90. The fraction of sp³-hybridized carbons (Fsp3) is 0.583. The minimum atomic E-state index is -0.137. The van der Waals surface area contributed by atoms with Crippen LogP contribution in [0.2, 0.25) is 0 Å². The minimum absolute atomic E-state index is 0.137. The first-order valence-corrected chi connectivity index (χ1v) is 7.37. The zero-order valence-corrected chi connectivity index (χ0v) is 11.3. The molecule has 0 aromatic carbocycles. The molecular formula is C12H18N4OS. The SMILES string of the molecule is CCNc1cnc(C(=O)NCC2CCSC2)cn1. The van der Waals surface area contributed by atoms with Crippen molar-refractivity contribution in [2.75, 3.05) is 29.9 Å². The zero-order valence-electron chi connectivity index (χ0n) is 10.5. The highest BCUT2D eigenvalue weighted by Gasteiger charge is 2.17. The van der Waals surface area contributed by atoms with Gasteiger partial charge in [0.2, 0.25) is 0 Å². The molecule has 0 bridgehead atoms. The fourth-order valence-corrected chi connectivity index (χ4v) is 3.07. The van der Waals surface area contributed by atoms with E-state index in [-0.39, 0.29) is 5.91 Å². The van der Waals surface area contributed by atoms with Crippen molar-refractivity contribution in [3.05, 3.63) is 18.1 Å². The molecule has 1 unspecified atom stereocenters. The molecule has 0 spiro atoms. The monoisotopic (exact) mass is 266 g/mol. The van der Waals surface area contributed by atoms with Crippen LogP contribution in [0.3, 0.4) is 0 Å². The van der Waals surface area contributed by atoms with Crippen molar-refractivity contribution < 1.29 is 4.79 Å². The number of carbonyl (C=O) groups excluding carboxylic acids is 1. The first-order valence-electron chi connectivity index (χ1n) is 6.21. The largest absolute Gasteiger partial charge is 0.369 e. The number of aromatic nitrogens is 2. The van der Waals surface area contributed by atoms with E-state index < -0.39 is 0 Å². The molecule has 2 rings (SSSR count). The lowest BCUT2D eigenvalue weighted by Crippen LogP contribution is -2.30. The van der Waals surface area contributed by atoms with Gasteiger partial charge in [-0.3, -0.25) is 4.79 Å². The third-order valence-electron chi connectivity index (χ3n) is 2.82. The Labute approximate surface area is 111 Å². The molecule has 2 N–H and O–H groups in total. The number of nitrogens with zero attached hydrogens (tertiary/aromatic N) is 2. The van der Waals surface area contributed by atoms with E-state index in [0.29, 0.717) is 17.4 Å². The Morgan fingerprint density at radius 1 is 1.50 bits per heavy atom. The Kier molecular flexibility index (Phi) is 4.81. The Hall–Kier alpha value is -1.30. The van der Waals surface area contributed by atoms with Crippen molar-refractivity contribution in [1.82, 2.24) is 15.3 Å². The van der Waals surface area contributed by atoms with Gasteiger partial charge in [0.15, 0.2) is 0 Å². The maximum Gasteiger partial charge on any atom is 0.271 e. The summed E-state index contributed by atoms with van der Waals surface area (Å²) in [6.45, 7) is 3.52. The molecule has 0 aliphatic carbocycles. The Balaban J connectivity index is 1.83. The molecule has 1 saturated heterocycles. The van der Waals surface area contributed by atoms with Crippen molar-refractivity contribution >= 4 is 23.5 Å². The van der Waals surface area contributed by atoms with Crippen molar-refractivity contribution in [3.63, 3.8) is 0 Å². The molecule has 1 fully saturated rings. The third kappa shape index (κ3) is 3.60.